The molecule has 114 valence electrons. The molecule has 0 bridgehead atoms. The Morgan fingerprint density at radius 3 is 2.86 bits per heavy atom. The van der Waals surface area contributed by atoms with Gasteiger partial charge < -0.3 is 10.1 Å². The van der Waals surface area contributed by atoms with Gasteiger partial charge in [0.05, 0.1) is 5.69 Å². The van der Waals surface area contributed by atoms with Gasteiger partial charge in [0.25, 0.3) is 0 Å². The molecule has 21 heavy (non-hydrogen) atoms. The number of nitrogens with zero attached hydrogens (tertiary/aromatic N) is 1. The van der Waals surface area contributed by atoms with E-state index in [2.05, 4.69) is 24.1 Å². The molecule has 0 fully saturated rings. The van der Waals surface area contributed by atoms with Crippen LogP contribution in [0.15, 0.2) is 23.6 Å². The lowest BCUT2D eigenvalue weighted by molar-refractivity contribution is 0.285. The summed E-state index contributed by atoms with van der Waals surface area (Å²) < 4.78 is 31.5. The summed E-state index contributed by atoms with van der Waals surface area (Å²) in [6.45, 7) is 6.11. The summed E-state index contributed by atoms with van der Waals surface area (Å²) in [7, 11) is 0. The fraction of sp³-hybridized carbons (Fsp3) is 0.400. The summed E-state index contributed by atoms with van der Waals surface area (Å²) in [5.74, 6) is -0.700. The molecule has 3 nitrogen and oxygen atoms in total. The number of hydrogen-bond donors (Lipinski definition) is 1. The van der Waals surface area contributed by atoms with Crippen molar-refractivity contribution in [2.45, 2.75) is 27.0 Å². The topological polar surface area (TPSA) is 34.2 Å². The highest BCUT2D eigenvalue weighted by Crippen LogP contribution is 2.19. The van der Waals surface area contributed by atoms with Crippen molar-refractivity contribution in [3.8, 4) is 5.75 Å². The van der Waals surface area contributed by atoms with Crippen molar-refractivity contribution in [1.29, 1.82) is 0 Å². The molecule has 1 heterocycles. The van der Waals surface area contributed by atoms with Gasteiger partial charge in [0.1, 0.15) is 17.4 Å². The molecule has 2 rings (SSSR count). The molecule has 0 saturated carbocycles. The van der Waals surface area contributed by atoms with Crippen LogP contribution < -0.4 is 10.1 Å². The van der Waals surface area contributed by atoms with Crippen LogP contribution in [-0.4, -0.2) is 11.5 Å². The molecule has 6 heteroatoms. The molecule has 0 aliphatic heterocycles. The minimum Gasteiger partial charge on any atom is -0.484 e. The van der Waals surface area contributed by atoms with E-state index in [0.717, 1.165) is 23.3 Å². The number of nitrogens with one attached hydrogen (secondary N) is 1. The minimum atomic E-state index is -0.705. The van der Waals surface area contributed by atoms with Crippen LogP contribution in [0.2, 0.25) is 0 Å². The van der Waals surface area contributed by atoms with E-state index in [0.29, 0.717) is 12.5 Å². The fourth-order valence-electron chi connectivity index (χ4n) is 1.71. The second-order valence-corrected chi connectivity index (χ2v) is 6.06. The van der Waals surface area contributed by atoms with E-state index < -0.39 is 11.6 Å². The molecule has 1 aromatic carbocycles. The van der Waals surface area contributed by atoms with Gasteiger partial charge in [-0.15, -0.1) is 11.3 Å². The molecule has 0 unspecified atom stereocenters. The van der Waals surface area contributed by atoms with Gasteiger partial charge in [-0.1, -0.05) is 13.8 Å². The number of aromatic nitrogens is 1. The Balaban J connectivity index is 1.85. The van der Waals surface area contributed by atoms with Gasteiger partial charge in [-0.05, 0) is 24.6 Å². The third-order valence-electron chi connectivity index (χ3n) is 2.70. The van der Waals surface area contributed by atoms with E-state index in [-0.39, 0.29) is 12.4 Å². The largest absolute Gasteiger partial charge is 0.484 e. The number of thiazole rings is 1. The van der Waals surface area contributed by atoms with Gasteiger partial charge >= 0.3 is 0 Å². The third kappa shape index (κ3) is 5.06. The first-order valence-electron chi connectivity index (χ1n) is 6.76. The zero-order valence-electron chi connectivity index (χ0n) is 12.0. The molecular weight excluding hydrogens is 294 g/mol. The third-order valence-corrected chi connectivity index (χ3v) is 3.60. The highest BCUT2D eigenvalue weighted by atomic mass is 32.1. The summed E-state index contributed by atoms with van der Waals surface area (Å²) in [4.78, 5) is 4.40. The Hall–Kier alpha value is -1.53. The first-order valence-corrected chi connectivity index (χ1v) is 7.64. The molecule has 0 radical (unpaired) electrons. The van der Waals surface area contributed by atoms with E-state index in [4.69, 9.17) is 4.74 Å². The van der Waals surface area contributed by atoms with Crippen molar-refractivity contribution in [2.24, 2.45) is 5.92 Å². The summed E-state index contributed by atoms with van der Waals surface area (Å²) >= 11 is 1.54. The van der Waals surface area contributed by atoms with Gasteiger partial charge in [0, 0.05) is 18.0 Å². The minimum absolute atomic E-state index is 0.0314. The van der Waals surface area contributed by atoms with Gasteiger partial charge in [0.15, 0.2) is 11.6 Å². The molecule has 0 atom stereocenters. The average molecular weight is 312 g/mol. The lowest BCUT2D eigenvalue weighted by Gasteiger charge is -2.06. The van der Waals surface area contributed by atoms with Crippen LogP contribution >= 0.6 is 11.3 Å². The van der Waals surface area contributed by atoms with Crippen molar-refractivity contribution in [2.75, 3.05) is 6.54 Å². The maximum atomic E-state index is 13.4. The van der Waals surface area contributed by atoms with Gasteiger partial charge in [0.2, 0.25) is 0 Å². The number of ether oxygens (including phenoxy) is 1. The fourth-order valence-corrected chi connectivity index (χ4v) is 2.46. The smallest absolute Gasteiger partial charge is 0.167 e. The van der Waals surface area contributed by atoms with E-state index in [9.17, 15) is 8.78 Å². The molecule has 1 N–H and O–H groups in total. The molecule has 0 aliphatic carbocycles. The molecule has 0 aliphatic rings. The zero-order chi connectivity index (χ0) is 15.2. The predicted molar refractivity (Wildman–Crippen MR) is 79.3 cm³/mol. The van der Waals surface area contributed by atoms with Crippen LogP contribution in [0, 0.1) is 17.6 Å². The first kappa shape index (κ1) is 15.9. The van der Waals surface area contributed by atoms with Crippen LogP contribution in [-0.2, 0) is 13.2 Å². The van der Waals surface area contributed by atoms with Crippen LogP contribution in [0.5, 0.6) is 5.75 Å². The number of hydrogen-bond acceptors (Lipinski definition) is 4. The molecular formula is C15H18F2N2OS. The SMILES string of the molecule is CC(C)CNCc1nc(COc2ccc(F)cc2F)cs1. The van der Waals surface area contributed by atoms with Gasteiger partial charge in [-0.25, -0.2) is 13.8 Å². The lowest BCUT2D eigenvalue weighted by atomic mass is 10.2. The van der Waals surface area contributed by atoms with Crippen molar-refractivity contribution in [3.05, 3.63) is 45.9 Å². The van der Waals surface area contributed by atoms with Gasteiger partial charge in [-0.3, -0.25) is 0 Å². The summed E-state index contributed by atoms with van der Waals surface area (Å²) in [5.41, 5.74) is 0.741. The van der Waals surface area contributed by atoms with E-state index in [1.165, 1.54) is 23.5 Å². The predicted octanol–water partition coefficient (Wildman–Crippen LogP) is 3.75. The van der Waals surface area contributed by atoms with Crippen LogP contribution in [0.25, 0.3) is 0 Å². The molecule has 1 aromatic heterocycles. The number of halogens is 2. The van der Waals surface area contributed by atoms with Crippen LogP contribution in [0.1, 0.15) is 24.5 Å². The van der Waals surface area contributed by atoms with Crippen molar-refractivity contribution < 1.29 is 13.5 Å². The maximum absolute atomic E-state index is 13.4. The Morgan fingerprint density at radius 2 is 2.14 bits per heavy atom. The molecule has 2 aromatic rings. The Labute approximate surface area is 127 Å². The van der Waals surface area contributed by atoms with Crippen molar-refractivity contribution in [1.82, 2.24) is 10.3 Å². The molecule has 0 saturated heterocycles. The molecule has 0 spiro atoms. The van der Waals surface area contributed by atoms with Crippen LogP contribution in [0.3, 0.4) is 0 Å². The maximum Gasteiger partial charge on any atom is 0.167 e. The Morgan fingerprint density at radius 1 is 1.33 bits per heavy atom. The monoisotopic (exact) mass is 312 g/mol. The summed E-state index contributed by atoms with van der Waals surface area (Å²) in [6.07, 6.45) is 0. The van der Waals surface area contributed by atoms with Gasteiger partial charge in [-0.2, -0.15) is 0 Å². The molecule has 0 amide bonds. The van der Waals surface area contributed by atoms with Crippen LogP contribution in [0.4, 0.5) is 8.78 Å². The highest BCUT2D eigenvalue weighted by molar-refractivity contribution is 7.09. The standard InChI is InChI=1S/C15H18F2N2OS/c1-10(2)6-18-7-15-19-12(9-21-15)8-20-14-4-3-11(16)5-13(14)17/h3-5,9-10,18H,6-8H2,1-2H3. The highest BCUT2D eigenvalue weighted by Gasteiger charge is 2.07. The average Bonchev–Trinajstić information content (AvgIpc) is 2.85. The van der Waals surface area contributed by atoms with E-state index >= 15 is 0 Å². The summed E-state index contributed by atoms with van der Waals surface area (Å²) in [6, 6.07) is 3.25. The Kier molecular flexibility index (Phi) is 5.64. The first-order chi connectivity index (χ1) is 10.0. The van der Waals surface area contributed by atoms with E-state index in [1.807, 2.05) is 5.38 Å². The van der Waals surface area contributed by atoms with E-state index in [1.54, 1.807) is 0 Å². The lowest BCUT2D eigenvalue weighted by Crippen LogP contribution is -2.18. The van der Waals surface area contributed by atoms with Crippen molar-refractivity contribution in [3.63, 3.8) is 0 Å². The second-order valence-electron chi connectivity index (χ2n) is 5.12. The van der Waals surface area contributed by atoms with Crippen molar-refractivity contribution >= 4 is 11.3 Å². The number of benzene rings is 1. The zero-order valence-corrected chi connectivity index (χ0v) is 12.8. The quantitative estimate of drug-likeness (QED) is 0.845. The second kappa shape index (κ2) is 7.47. The normalized spacial score (nSPS) is 11.1. The summed E-state index contributed by atoms with van der Waals surface area (Å²) in [5, 5.41) is 6.16. The number of rotatable bonds is 7. The Bertz CT molecular complexity index is 587.